The maximum Gasteiger partial charge on any atom is 0.0375 e. The molecule has 0 amide bonds. The zero-order valence-corrected chi connectivity index (χ0v) is 8.97. The van der Waals surface area contributed by atoms with Gasteiger partial charge in [0.1, 0.15) is 0 Å². The Bertz CT molecular complexity index is 304. The summed E-state index contributed by atoms with van der Waals surface area (Å²) in [6.07, 6.45) is 6.31. The average molecular weight is 189 g/mol. The smallest absolute Gasteiger partial charge is 0.0375 e. The molecule has 0 unspecified atom stereocenters. The molecule has 1 aromatic rings. The summed E-state index contributed by atoms with van der Waals surface area (Å²) in [6, 6.07) is 6.93. The Labute approximate surface area is 86.5 Å². The molecule has 0 radical (unpaired) electrons. The Hall–Kier alpha value is -0.980. The Morgan fingerprint density at radius 3 is 3.07 bits per heavy atom. The second-order valence-electron chi connectivity index (χ2n) is 4.13. The SMILES string of the molecule is CCCc1ccc2c(c1)NCCCC2. The van der Waals surface area contributed by atoms with Gasteiger partial charge in [-0.15, -0.1) is 0 Å². The van der Waals surface area contributed by atoms with E-state index in [2.05, 4.69) is 30.4 Å². The first-order valence-corrected chi connectivity index (χ1v) is 5.76. The van der Waals surface area contributed by atoms with Gasteiger partial charge in [0, 0.05) is 12.2 Å². The summed E-state index contributed by atoms with van der Waals surface area (Å²) >= 11 is 0. The number of benzene rings is 1. The quantitative estimate of drug-likeness (QED) is 0.752. The molecule has 1 N–H and O–H groups in total. The molecule has 0 aromatic heterocycles. The van der Waals surface area contributed by atoms with Crippen LogP contribution in [0.4, 0.5) is 5.69 Å². The van der Waals surface area contributed by atoms with Crippen LogP contribution in [0.15, 0.2) is 18.2 Å². The molecule has 2 rings (SSSR count). The minimum Gasteiger partial charge on any atom is -0.385 e. The van der Waals surface area contributed by atoms with E-state index >= 15 is 0 Å². The third-order valence-corrected chi connectivity index (χ3v) is 2.90. The van der Waals surface area contributed by atoms with Gasteiger partial charge in [-0.25, -0.2) is 0 Å². The van der Waals surface area contributed by atoms with Gasteiger partial charge in [0.15, 0.2) is 0 Å². The second kappa shape index (κ2) is 4.50. The standard InChI is InChI=1S/C13H19N/c1-2-5-11-7-8-12-6-3-4-9-14-13(12)10-11/h7-8,10,14H,2-6,9H2,1H3. The van der Waals surface area contributed by atoms with E-state index in [1.807, 2.05) is 0 Å². The highest BCUT2D eigenvalue weighted by atomic mass is 14.9. The molecular formula is C13H19N. The number of hydrogen-bond donors (Lipinski definition) is 1. The van der Waals surface area contributed by atoms with Crippen LogP contribution < -0.4 is 5.32 Å². The number of hydrogen-bond acceptors (Lipinski definition) is 1. The first-order chi connectivity index (χ1) is 6.90. The summed E-state index contributed by atoms with van der Waals surface area (Å²) in [5.41, 5.74) is 4.36. The maximum atomic E-state index is 3.52. The van der Waals surface area contributed by atoms with Gasteiger partial charge in [0.25, 0.3) is 0 Å². The Kier molecular flexibility index (Phi) is 3.07. The van der Waals surface area contributed by atoms with E-state index in [0.717, 1.165) is 6.54 Å². The Morgan fingerprint density at radius 2 is 2.21 bits per heavy atom. The number of anilines is 1. The highest BCUT2D eigenvalue weighted by Crippen LogP contribution is 2.23. The van der Waals surface area contributed by atoms with Crippen LogP contribution in [0.25, 0.3) is 0 Å². The minimum atomic E-state index is 1.14. The molecule has 1 aromatic carbocycles. The van der Waals surface area contributed by atoms with Gasteiger partial charge in [-0.1, -0.05) is 25.5 Å². The number of rotatable bonds is 2. The van der Waals surface area contributed by atoms with Crippen LogP contribution in [0.3, 0.4) is 0 Å². The molecule has 0 fully saturated rings. The Morgan fingerprint density at radius 1 is 1.29 bits per heavy atom. The van der Waals surface area contributed by atoms with E-state index in [1.54, 1.807) is 0 Å². The summed E-state index contributed by atoms with van der Waals surface area (Å²) in [7, 11) is 0. The first-order valence-electron chi connectivity index (χ1n) is 5.76. The van der Waals surface area contributed by atoms with Gasteiger partial charge in [-0.3, -0.25) is 0 Å². The van der Waals surface area contributed by atoms with Crippen LogP contribution in [-0.4, -0.2) is 6.54 Å². The number of fused-ring (bicyclic) bond motifs is 1. The third kappa shape index (κ3) is 2.09. The Balaban J connectivity index is 2.23. The van der Waals surface area contributed by atoms with Crippen LogP contribution in [0, 0.1) is 0 Å². The molecular weight excluding hydrogens is 170 g/mol. The van der Waals surface area contributed by atoms with Gasteiger partial charge >= 0.3 is 0 Å². The van der Waals surface area contributed by atoms with Crippen molar-refractivity contribution in [2.24, 2.45) is 0 Å². The van der Waals surface area contributed by atoms with Crippen LogP contribution in [0.5, 0.6) is 0 Å². The lowest BCUT2D eigenvalue weighted by Gasteiger charge is -2.09. The largest absolute Gasteiger partial charge is 0.385 e. The summed E-state index contributed by atoms with van der Waals surface area (Å²) in [5.74, 6) is 0. The first kappa shape index (κ1) is 9.57. The fourth-order valence-electron chi connectivity index (χ4n) is 2.11. The van der Waals surface area contributed by atoms with E-state index in [-0.39, 0.29) is 0 Å². The van der Waals surface area contributed by atoms with Crippen molar-refractivity contribution < 1.29 is 0 Å². The summed E-state index contributed by atoms with van der Waals surface area (Å²) in [6.45, 7) is 3.38. The van der Waals surface area contributed by atoms with Crippen LogP contribution in [-0.2, 0) is 12.8 Å². The normalized spacial score (nSPS) is 15.5. The zero-order chi connectivity index (χ0) is 9.80. The second-order valence-corrected chi connectivity index (χ2v) is 4.13. The van der Waals surface area contributed by atoms with E-state index < -0.39 is 0 Å². The summed E-state index contributed by atoms with van der Waals surface area (Å²) < 4.78 is 0. The van der Waals surface area contributed by atoms with Crippen molar-refractivity contribution in [1.82, 2.24) is 0 Å². The maximum absolute atomic E-state index is 3.52. The number of nitrogens with one attached hydrogen (secondary N) is 1. The van der Waals surface area contributed by atoms with Crippen molar-refractivity contribution in [3.63, 3.8) is 0 Å². The monoisotopic (exact) mass is 189 g/mol. The van der Waals surface area contributed by atoms with Crippen molar-refractivity contribution in [3.05, 3.63) is 29.3 Å². The zero-order valence-electron chi connectivity index (χ0n) is 8.97. The minimum absolute atomic E-state index is 1.14. The molecule has 76 valence electrons. The summed E-state index contributed by atoms with van der Waals surface area (Å²) in [4.78, 5) is 0. The van der Waals surface area contributed by atoms with E-state index in [9.17, 15) is 0 Å². The highest BCUT2D eigenvalue weighted by Gasteiger charge is 2.06. The van der Waals surface area contributed by atoms with Crippen molar-refractivity contribution >= 4 is 5.69 Å². The predicted molar refractivity (Wildman–Crippen MR) is 61.9 cm³/mol. The lowest BCUT2D eigenvalue weighted by molar-refractivity contribution is 0.785. The van der Waals surface area contributed by atoms with Crippen LogP contribution >= 0.6 is 0 Å². The van der Waals surface area contributed by atoms with Crippen molar-refractivity contribution in [3.8, 4) is 0 Å². The van der Waals surface area contributed by atoms with Gasteiger partial charge in [-0.2, -0.15) is 0 Å². The fourth-order valence-corrected chi connectivity index (χ4v) is 2.11. The van der Waals surface area contributed by atoms with Crippen LogP contribution in [0.2, 0.25) is 0 Å². The van der Waals surface area contributed by atoms with E-state index in [0.29, 0.717) is 0 Å². The van der Waals surface area contributed by atoms with Crippen molar-refractivity contribution in [2.75, 3.05) is 11.9 Å². The lowest BCUT2D eigenvalue weighted by Crippen LogP contribution is -2.00. The van der Waals surface area contributed by atoms with Crippen molar-refractivity contribution in [2.45, 2.75) is 39.0 Å². The molecule has 14 heavy (non-hydrogen) atoms. The lowest BCUT2D eigenvalue weighted by atomic mass is 10.0. The predicted octanol–water partition coefficient (Wildman–Crippen LogP) is 3.39. The van der Waals surface area contributed by atoms with Gasteiger partial charge in [0.05, 0.1) is 0 Å². The van der Waals surface area contributed by atoms with Gasteiger partial charge in [0.2, 0.25) is 0 Å². The molecule has 0 spiro atoms. The molecule has 0 atom stereocenters. The molecule has 1 heterocycles. The fraction of sp³-hybridized carbons (Fsp3) is 0.538. The van der Waals surface area contributed by atoms with E-state index in [4.69, 9.17) is 0 Å². The van der Waals surface area contributed by atoms with Crippen LogP contribution in [0.1, 0.15) is 37.3 Å². The number of aryl methyl sites for hydroxylation is 2. The molecule has 1 aliphatic heterocycles. The third-order valence-electron chi connectivity index (χ3n) is 2.90. The molecule has 0 aliphatic carbocycles. The molecule has 0 saturated heterocycles. The molecule has 0 saturated carbocycles. The molecule has 1 nitrogen and oxygen atoms in total. The van der Waals surface area contributed by atoms with Crippen molar-refractivity contribution in [1.29, 1.82) is 0 Å². The molecule has 1 aliphatic rings. The highest BCUT2D eigenvalue weighted by molar-refractivity contribution is 5.54. The van der Waals surface area contributed by atoms with E-state index in [1.165, 1.54) is 48.9 Å². The molecule has 1 heteroatoms. The average Bonchev–Trinajstić information content (AvgIpc) is 2.42. The summed E-state index contributed by atoms with van der Waals surface area (Å²) in [5, 5.41) is 3.52. The topological polar surface area (TPSA) is 12.0 Å². The molecule has 0 bridgehead atoms. The van der Waals surface area contributed by atoms with Gasteiger partial charge in [-0.05, 0) is 42.9 Å². The van der Waals surface area contributed by atoms with Gasteiger partial charge < -0.3 is 5.32 Å².